The van der Waals surface area contributed by atoms with Gasteiger partial charge in [-0.25, -0.2) is 13.6 Å². The largest absolute Gasteiger partial charge is 0.463 e. The molecule has 0 fully saturated rings. The zero-order valence-corrected chi connectivity index (χ0v) is 15.4. The van der Waals surface area contributed by atoms with Gasteiger partial charge in [-0.15, -0.1) is 0 Å². The first kappa shape index (κ1) is 18.6. The number of aryl methyl sites for hydroxylation is 1. The van der Waals surface area contributed by atoms with Crippen LogP contribution in [0.3, 0.4) is 0 Å². The normalized spacial score (nSPS) is 11.4. The molecule has 0 spiro atoms. The molecule has 0 unspecified atom stereocenters. The lowest BCUT2D eigenvalue weighted by Gasteiger charge is -2.12. The summed E-state index contributed by atoms with van der Waals surface area (Å²) in [6, 6.07) is 8.96. The summed E-state index contributed by atoms with van der Waals surface area (Å²) in [4.78, 5) is 27.3. The molecule has 0 bridgehead atoms. The van der Waals surface area contributed by atoms with E-state index < -0.39 is 21.5 Å². The van der Waals surface area contributed by atoms with Crippen LogP contribution in [0.5, 0.6) is 0 Å². The molecule has 140 valence electrons. The van der Waals surface area contributed by atoms with Crippen molar-refractivity contribution in [2.24, 2.45) is 5.14 Å². The van der Waals surface area contributed by atoms with Gasteiger partial charge in [0.05, 0.1) is 16.9 Å². The lowest BCUT2D eigenvalue weighted by Crippen LogP contribution is -2.24. The number of carbonyl (C=O) groups excluding carboxylic acids is 1. The number of anilines is 1. The van der Waals surface area contributed by atoms with Crippen molar-refractivity contribution in [3.05, 3.63) is 69.7 Å². The number of hydrogen-bond donors (Lipinski definition) is 3. The van der Waals surface area contributed by atoms with E-state index in [0.717, 1.165) is 0 Å². The number of hydrogen-bond acceptors (Lipinski definition) is 5. The second-order valence-corrected chi connectivity index (χ2v) is 7.57. The lowest BCUT2D eigenvalue weighted by atomic mass is 10.1. The number of sulfonamides is 1. The molecule has 0 saturated carbocycles. The van der Waals surface area contributed by atoms with Gasteiger partial charge in [0, 0.05) is 5.69 Å². The molecule has 0 aliphatic heterocycles. The average Bonchev–Trinajstić information content (AvgIpc) is 3.12. The molecule has 0 aliphatic rings. The van der Waals surface area contributed by atoms with Crippen LogP contribution in [-0.2, 0) is 10.0 Å². The number of pyridine rings is 1. The van der Waals surface area contributed by atoms with Gasteiger partial charge >= 0.3 is 0 Å². The molecule has 0 atom stereocenters. The lowest BCUT2D eigenvalue weighted by molar-refractivity contribution is 0.102. The fraction of sp³-hybridized carbons (Fsp3) is 0.111. The molecule has 8 nitrogen and oxygen atoms in total. The summed E-state index contributed by atoms with van der Waals surface area (Å²) in [5, 5.41) is 7.74. The number of benzene rings is 1. The number of rotatable bonds is 4. The van der Waals surface area contributed by atoms with E-state index >= 15 is 0 Å². The summed E-state index contributed by atoms with van der Waals surface area (Å²) in [7, 11) is -3.93. The molecule has 0 radical (unpaired) electrons. The number of aromatic nitrogens is 1. The Hall–Kier alpha value is -3.17. The Morgan fingerprint density at radius 3 is 2.52 bits per heavy atom. The topological polar surface area (TPSA) is 135 Å². The average molecular weight is 387 g/mol. The summed E-state index contributed by atoms with van der Waals surface area (Å²) in [6.07, 6.45) is 1.47. The summed E-state index contributed by atoms with van der Waals surface area (Å²) < 4.78 is 28.4. The van der Waals surface area contributed by atoms with Crippen LogP contribution in [0.2, 0.25) is 0 Å². The van der Waals surface area contributed by atoms with Crippen molar-refractivity contribution >= 4 is 21.6 Å². The van der Waals surface area contributed by atoms with E-state index in [1.165, 1.54) is 24.5 Å². The van der Waals surface area contributed by atoms with Gasteiger partial charge in [-0.1, -0.05) is 0 Å². The zero-order valence-electron chi connectivity index (χ0n) is 14.6. The first-order chi connectivity index (χ1) is 12.7. The number of aromatic amines is 1. The molecule has 1 amide bonds. The summed E-state index contributed by atoms with van der Waals surface area (Å²) in [5.74, 6) is -0.206. The predicted octanol–water partition coefficient (Wildman–Crippen LogP) is 2.15. The van der Waals surface area contributed by atoms with E-state index in [9.17, 15) is 18.0 Å². The van der Waals surface area contributed by atoms with Crippen LogP contribution in [0.1, 0.15) is 21.5 Å². The molecule has 3 aromatic rings. The van der Waals surface area contributed by atoms with Gasteiger partial charge in [-0.3, -0.25) is 9.59 Å². The number of nitrogens with two attached hydrogens (primary N) is 1. The first-order valence-electron chi connectivity index (χ1n) is 7.89. The predicted molar refractivity (Wildman–Crippen MR) is 100 cm³/mol. The highest BCUT2D eigenvalue weighted by atomic mass is 32.2. The van der Waals surface area contributed by atoms with E-state index in [2.05, 4.69) is 10.3 Å². The number of H-pyrrole nitrogens is 1. The minimum atomic E-state index is -3.93. The van der Waals surface area contributed by atoms with Gasteiger partial charge in [0.25, 0.3) is 11.5 Å². The highest BCUT2D eigenvalue weighted by Gasteiger charge is 2.17. The van der Waals surface area contributed by atoms with Crippen molar-refractivity contribution in [3.63, 3.8) is 0 Å². The molecule has 27 heavy (non-hydrogen) atoms. The number of amides is 1. The SMILES string of the molecule is Cc1cc(S(N)(=O)=O)cc(NC(=O)c2ccc(-c3ccco3)[nH]c2=O)c1C. The Bertz CT molecular complexity index is 1180. The second kappa shape index (κ2) is 6.86. The zero-order chi connectivity index (χ0) is 19.8. The molecule has 3 rings (SSSR count). The van der Waals surface area contributed by atoms with Gasteiger partial charge in [0.2, 0.25) is 10.0 Å². The molecule has 0 aliphatic carbocycles. The Morgan fingerprint density at radius 2 is 1.93 bits per heavy atom. The van der Waals surface area contributed by atoms with E-state index in [0.29, 0.717) is 22.6 Å². The van der Waals surface area contributed by atoms with E-state index in [1.807, 2.05) is 0 Å². The fourth-order valence-electron chi connectivity index (χ4n) is 2.54. The van der Waals surface area contributed by atoms with Gasteiger partial charge in [0.1, 0.15) is 11.3 Å². The second-order valence-electron chi connectivity index (χ2n) is 6.00. The third kappa shape index (κ3) is 3.83. The molecule has 1 aromatic carbocycles. The van der Waals surface area contributed by atoms with Crippen molar-refractivity contribution in [1.82, 2.24) is 4.98 Å². The Balaban J connectivity index is 1.94. The Morgan fingerprint density at radius 1 is 1.19 bits per heavy atom. The van der Waals surface area contributed by atoms with E-state index in [-0.39, 0.29) is 16.1 Å². The van der Waals surface area contributed by atoms with Crippen LogP contribution in [0.15, 0.2) is 56.8 Å². The summed E-state index contributed by atoms with van der Waals surface area (Å²) >= 11 is 0. The van der Waals surface area contributed by atoms with Gasteiger partial charge in [-0.2, -0.15) is 0 Å². The maximum atomic E-state index is 12.5. The van der Waals surface area contributed by atoms with Gasteiger partial charge < -0.3 is 14.7 Å². The summed E-state index contributed by atoms with van der Waals surface area (Å²) in [6.45, 7) is 3.42. The number of carbonyl (C=O) groups is 1. The molecule has 4 N–H and O–H groups in total. The smallest absolute Gasteiger partial charge is 0.261 e. The Labute approximate surface area is 155 Å². The highest BCUT2D eigenvalue weighted by Crippen LogP contribution is 2.24. The van der Waals surface area contributed by atoms with Crippen molar-refractivity contribution in [2.75, 3.05) is 5.32 Å². The molecule has 2 aromatic heterocycles. The summed E-state index contributed by atoms with van der Waals surface area (Å²) in [5.41, 5.74) is 1.28. The Kier molecular flexibility index (Phi) is 4.73. The minimum Gasteiger partial charge on any atom is -0.463 e. The minimum absolute atomic E-state index is 0.122. The van der Waals surface area contributed by atoms with E-state index in [4.69, 9.17) is 9.56 Å². The maximum Gasteiger partial charge on any atom is 0.261 e. The van der Waals surface area contributed by atoms with Crippen molar-refractivity contribution in [1.29, 1.82) is 0 Å². The number of primary sulfonamides is 1. The van der Waals surface area contributed by atoms with Crippen LogP contribution in [0, 0.1) is 13.8 Å². The third-order valence-corrected chi connectivity index (χ3v) is 5.05. The maximum absolute atomic E-state index is 12.5. The van der Waals surface area contributed by atoms with Crippen LogP contribution >= 0.6 is 0 Å². The van der Waals surface area contributed by atoms with Crippen molar-refractivity contribution in [2.45, 2.75) is 18.7 Å². The monoisotopic (exact) mass is 387 g/mol. The third-order valence-electron chi connectivity index (χ3n) is 4.16. The standard InChI is InChI=1S/C18H17N3O5S/c1-10-8-12(27(19,24)25)9-15(11(10)2)21-18(23)13-5-6-14(20-17(13)22)16-4-3-7-26-16/h3-9H,1-2H3,(H,20,22)(H,21,23)(H2,19,24,25). The molecule has 2 heterocycles. The molecule has 0 saturated heterocycles. The number of nitrogens with one attached hydrogen (secondary N) is 2. The van der Waals surface area contributed by atoms with Crippen LogP contribution < -0.4 is 16.0 Å². The van der Waals surface area contributed by atoms with Gasteiger partial charge in [0.15, 0.2) is 0 Å². The highest BCUT2D eigenvalue weighted by molar-refractivity contribution is 7.89. The van der Waals surface area contributed by atoms with Crippen LogP contribution in [0.4, 0.5) is 5.69 Å². The quantitative estimate of drug-likeness (QED) is 0.630. The van der Waals surface area contributed by atoms with Crippen molar-refractivity contribution < 1.29 is 17.6 Å². The number of furan rings is 1. The van der Waals surface area contributed by atoms with Gasteiger partial charge in [-0.05, 0) is 61.4 Å². The van der Waals surface area contributed by atoms with E-state index in [1.54, 1.807) is 32.0 Å². The molecular formula is C18H17N3O5S. The fourth-order valence-corrected chi connectivity index (χ4v) is 3.16. The van der Waals surface area contributed by atoms with Crippen LogP contribution in [-0.4, -0.2) is 19.3 Å². The molecular weight excluding hydrogens is 370 g/mol. The van der Waals surface area contributed by atoms with Crippen LogP contribution in [0.25, 0.3) is 11.5 Å². The van der Waals surface area contributed by atoms with Crippen molar-refractivity contribution in [3.8, 4) is 11.5 Å². The molecule has 9 heteroatoms. The first-order valence-corrected chi connectivity index (χ1v) is 9.44.